The second-order valence-electron chi connectivity index (χ2n) is 10.6. The van der Waals surface area contributed by atoms with Crippen molar-refractivity contribution in [2.45, 2.75) is 57.9 Å². The number of benzene rings is 3. The zero-order valence-electron chi connectivity index (χ0n) is 22.7. The largest absolute Gasteiger partial charge is 0.489 e. The van der Waals surface area contributed by atoms with E-state index >= 15 is 0 Å². The molecule has 2 atom stereocenters. The fourth-order valence-electron chi connectivity index (χ4n) is 4.24. The molecule has 204 valence electrons. The van der Waals surface area contributed by atoms with Crippen LogP contribution in [0.2, 0.25) is 0 Å². The van der Waals surface area contributed by atoms with E-state index in [0.29, 0.717) is 13.2 Å². The summed E-state index contributed by atoms with van der Waals surface area (Å²) in [6.07, 6.45) is 3.56. The van der Waals surface area contributed by atoms with Crippen LogP contribution >= 0.6 is 0 Å². The van der Waals surface area contributed by atoms with Gasteiger partial charge in [-0.2, -0.15) is 0 Å². The molecule has 0 aliphatic heterocycles. The van der Waals surface area contributed by atoms with Gasteiger partial charge in [-0.15, -0.1) is 0 Å². The van der Waals surface area contributed by atoms with Crippen LogP contribution in [0.5, 0.6) is 5.75 Å². The minimum Gasteiger partial charge on any atom is -0.489 e. The van der Waals surface area contributed by atoms with Crippen molar-refractivity contribution < 1.29 is 28.2 Å². The average Bonchev–Trinajstić information content (AvgIpc) is 3.70. The molecule has 0 bridgehead atoms. The van der Waals surface area contributed by atoms with Crippen molar-refractivity contribution in [1.82, 2.24) is 4.90 Å². The van der Waals surface area contributed by atoms with E-state index in [-0.39, 0.29) is 23.9 Å². The highest BCUT2D eigenvalue weighted by Gasteiger charge is 2.46. The summed E-state index contributed by atoms with van der Waals surface area (Å²) in [6.45, 7) is 6.35. The number of ether oxygens (including phenoxy) is 3. The van der Waals surface area contributed by atoms with Crippen molar-refractivity contribution in [2.75, 3.05) is 7.11 Å². The standard InChI is InChI=1S/C32H34FNO5/c1-32(2,3)39-31(36)34(20-23-7-5-22(6-8-23)11-18-30(35)37-4)29-19-28(29)25-12-16-27(17-13-25)38-21-24-9-14-26(33)15-10-24/h5-18,28-29H,19-21H2,1-4H3/b18-11+. The number of hydrogen-bond donors (Lipinski definition) is 0. The van der Waals surface area contributed by atoms with Crippen LogP contribution < -0.4 is 4.74 Å². The van der Waals surface area contributed by atoms with Crippen LogP contribution in [-0.2, 0) is 27.4 Å². The molecule has 0 N–H and O–H groups in total. The molecule has 1 saturated carbocycles. The van der Waals surface area contributed by atoms with Gasteiger partial charge in [-0.05, 0) is 79.8 Å². The van der Waals surface area contributed by atoms with Crippen molar-refractivity contribution in [1.29, 1.82) is 0 Å². The summed E-state index contributed by atoms with van der Waals surface area (Å²) in [5.41, 5.74) is 3.24. The van der Waals surface area contributed by atoms with Gasteiger partial charge < -0.3 is 19.1 Å². The van der Waals surface area contributed by atoms with E-state index in [1.807, 2.05) is 69.3 Å². The fourth-order valence-corrected chi connectivity index (χ4v) is 4.24. The van der Waals surface area contributed by atoms with Gasteiger partial charge in [-0.25, -0.2) is 14.0 Å². The second kappa shape index (κ2) is 12.2. The van der Waals surface area contributed by atoms with Gasteiger partial charge in [0.05, 0.1) is 7.11 Å². The summed E-state index contributed by atoms with van der Waals surface area (Å²) < 4.78 is 29.3. The first-order chi connectivity index (χ1) is 18.6. The van der Waals surface area contributed by atoms with Crippen molar-refractivity contribution in [3.8, 4) is 5.75 Å². The Morgan fingerprint density at radius 3 is 2.21 bits per heavy atom. The van der Waals surface area contributed by atoms with Gasteiger partial charge in [0, 0.05) is 24.6 Å². The number of halogens is 1. The quantitative estimate of drug-likeness (QED) is 0.222. The number of esters is 1. The highest BCUT2D eigenvalue weighted by Crippen LogP contribution is 2.46. The lowest BCUT2D eigenvalue weighted by Crippen LogP contribution is -2.38. The fraction of sp³-hybridized carbons (Fsp3) is 0.312. The van der Waals surface area contributed by atoms with Gasteiger partial charge in [0.2, 0.25) is 0 Å². The van der Waals surface area contributed by atoms with E-state index in [4.69, 9.17) is 9.47 Å². The third-order valence-electron chi connectivity index (χ3n) is 6.36. The molecule has 4 rings (SSSR count). The van der Waals surface area contributed by atoms with Crippen LogP contribution in [0.25, 0.3) is 6.08 Å². The molecular weight excluding hydrogens is 497 g/mol. The Labute approximate surface area is 229 Å². The lowest BCUT2D eigenvalue weighted by atomic mass is 10.1. The van der Waals surface area contributed by atoms with E-state index in [1.165, 1.54) is 25.3 Å². The van der Waals surface area contributed by atoms with E-state index < -0.39 is 11.6 Å². The summed E-state index contributed by atoms with van der Waals surface area (Å²) in [5, 5.41) is 0. The average molecular weight is 532 g/mol. The molecule has 0 saturated heterocycles. The predicted octanol–water partition coefficient (Wildman–Crippen LogP) is 6.88. The van der Waals surface area contributed by atoms with Crippen LogP contribution in [0, 0.1) is 5.82 Å². The molecule has 7 heteroatoms. The molecule has 6 nitrogen and oxygen atoms in total. The Balaban J connectivity index is 1.41. The monoisotopic (exact) mass is 531 g/mol. The van der Waals surface area contributed by atoms with Crippen LogP contribution in [0.3, 0.4) is 0 Å². The molecule has 1 aliphatic rings. The SMILES string of the molecule is COC(=O)/C=C/c1ccc(CN(C(=O)OC(C)(C)C)C2CC2c2ccc(OCc3ccc(F)cc3)cc2)cc1. The molecule has 2 unspecified atom stereocenters. The molecule has 3 aromatic carbocycles. The summed E-state index contributed by atoms with van der Waals surface area (Å²) in [6, 6.07) is 21.9. The van der Waals surface area contributed by atoms with Crippen LogP contribution in [-0.4, -0.2) is 35.7 Å². The third-order valence-corrected chi connectivity index (χ3v) is 6.36. The van der Waals surface area contributed by atoms with Gasteiger partial charge >= 0.3 is 12.1 Å². The normalized spacial score (nSPS) is 16.5. The number of rotatable bonds is 9. The Morgan fingerprint density at radius 2 is 1.59 bits per heavy atom. The topological polar surface area (TPSA) is 65.1 Å². The van der Waals surface area contributed by atoms with Gasteiger partial charge in [0.25, 0.3) is 0 Å². The molecular formula is C32H34FNO5. The van der Waals surface area contributed by atoms with Gasteiger partial charge in [-0.3, -0.25) is 0 Å². The lowest BCUT2D eigenvalue weighted by molar-refractivity contribution is -0.134. The summed E-state index contributed by atoms with van der Waals surface area (Å²) in [7, 11) is 1.34. The van der Waals surface area contributed by atoms with Crippen molar-refractivity contribution in [3.05, 3.63) is 107 Å². The Kier molecular flexibility index (Phi) is 8.69. The highest BCUT2D eigenvalue weighted by atomic mass is 19.1. The zero-order chi connectivity index (χ0) is 28.0. The van der Waals surface area contributed by atoms with Gasteiger partial charge in [0.15, 0.2) is 0 Å². The number of methoxy groups -OCH3 is 1. The number of nitrogens with zero attached hydrogens (tertiary/aromatic N) is 1. The van der Waals surface area contributed by atoms with Crippen molar-refractivity contribution >= 4 is 18.1 Å². The summed E-state index contributed by atoms with van der Waals surface area (Å²) in [4.78, 5) is 26.3. The molecule has 39 heavy (non-hydrogen) atoms. The molecule has 0 spiro atoms. The number of carbonyl (C=O) groups is 2. The van der Waals surface area contributed by atoms with Crippen molar-refractivity contribution in [2.24, 2.45) is 0 Å². The van der Waals surface area contributed by atoms with Gasteiger partial charge in [0.1, 0.15) is 23.8 Å². The summed E-state index contributed by atoms with van der Waals surface area (Å²) in [5.74, 6) is 0.242. The third kappa shape index (κ3) is 8.18. The molecule has 0 aromatic heterocycles. The number of amides is 1. The number of hydrogen-bond acceptors (Lipinski definition) is 5. The van der Waals surface area contributed by atoms with E-state index in [1.54, 1.807) is 23.1 Å². The maximum Gasteiger partial charge on any atom is 0.410 e. The first kappa shape index (κ1) is 27.9. The predicted molar refractivity (Wildman–Crippen MR) is 148 cm³/mol. The second-order valence-corrected chi connectivity index (χ2v) is 10.6. The first-order valence-corrected chi connectivity index (χ1v) is 12.9. The minimum atomic E-state index is -0.605. The zero-order valence-corrected chi connectivity index (χ0v) is 22.7. The Bertz CT molecular complexity index is 1290. The van der Waals surface area contributed by atoms with Crippen molar-refractivity contribution in [3.63, 3.8) is 0 Å². The molecule has 1 aliphatic carbocycles. The summed E-state index contributed by atoms with van der Waals surface area (Å²) >= 11 is 0. The van der Waals surface area contributed by atoms with E-state index in [2.05, 4.69) is 4.74 Å². The molecule has 1 fully saturated rings. The molecule has 0 radical (unpaired) electrons. The Hall–Kier alpha value is -4.13. The minimum absolute atomic E-state index is 0.0183. The Morgan fingerprint density at radius 1 is 0.949 bits per heavy atom. The molecule has 0 heterocycles. The first-order valence-electron chi connectivity index (χ1n) is 12.9. The highest BCUT2D eigenvalue weighted by molar-refractivity contribution is 5.86. The van der Waals surface area contributed by atoms with E-state index in [0.717, 1.165) is 34.4 Å². The maximum absolute atomic E-state index is 13.2. The van der Waals surface area contributed by atoms with E-state index in [9.17, 15) is 14.0 Å². The number of carbonyl (C=O) groups excluding carboxylic acids is 2. The smallest absolute Gasteiger partial charge is 0.410 e. The van der Waals surface area contributed by atoms with Gasteiger partial charge in [-0.1, -0.05) is 48.5 Å². The lowest BCUT2D eigenvalue weighted by Gasteiger charge is -2.28. The molecule has 3 aromatic rings. The van der Waals surface area contributed by atoms with Crippen LogP contribution in [0.15, 0.2) is 78.9 Å². The van der Waals surface area contributed by atoms with Crippen LogP contribution in [0.1, 0.15) is 55.4 Å². The van der Waals surface area contributed by atoms with Crippen LogP contribution in [0.4, 0.5) is 9.18 Å². The maximum atomic E-state index is 13.2. The molecule has 1 amide bonds.